The number of pyridine rings is 1. The fourth-order valence-electron chi connectivity index (χ4n) is 2.05. The first-order valence-corrected chi connectivity index (χ1v) is 6.87. The highest BCUT2D eigenvalue weighted by Crippen LogP contribution is 2.20. The van der Waals surface area contributed by atoms with Gasteiger partial charge in [0.2, 0.25) is 0 Å². The highest BCUT2D eigenvalue weighted by atomic mass is 16.4. The summed E-state index contributed by atoms with van der Waals surface area (Å²) in [5.74, 6) is -0.432. The molecular weight excluding hydrogens is 252 g/mol. The Kier molecular flexibility index (Phi) is 7.74. The van der Waals surface area contributed by atoms with Crippen LogP contribution in [0.25, 0.3) is 6.08 Å². The summed E-state index contributed by atoms with van der Waals surface area (Å²) in [7, 11) is 0. The van der Waals surface area contributed by atoms with Crippen LogP contribution in [-0.2, 0) is 4.79 Å². The van der Waals surface area contributed by atoms with Crippen molar-refractivity contribution in [2.75, 3.05) is 0 Å². The zero-order chi connectivity index (χ0) is 14.6. The smallest absolute Gasteiger partial charge is 0.303 e. The summed E-state index contributed by atoms with van der Waals surface area (Å²) in [5.41, 5.74) is 1.04. The number of unbranched alkanes of at least 4 members (excludes halogenated alkanes) is 1. The number of nitriles is 1. The molecule has 0 radical (unpaired) electrons. The number of hydrogen-bond donors (Lipinski definition) is 1. The lowest BCUT2D eigenvalue weighted by Gasteiger charge is -2.12. The van der Waals surface area contributed by atoms with Crippen LogP contribution in [0.3, 0.4) is 0 Å². The van der Waals surface area contributed by atoms with E-state index >= 15 is 0 Å². The van der Waals surface area contributed by atoms with Gasteiger partial charge in [-0.15, -0.1) is 0 Å². The van der Waals surface area contributed by atoms with Gasteiger partial charge in [0.1, 0.15) is 0 Å². The molecule has 106 valence electrons. The van der Waals surface area contributed by atoms with Crippen molar-refractivity contribution in [1.82, 2.24) is 4.98 Å². The number of aliphatic carboxylic acids is 1. The number of rotatable bonds is 9. The molecule has 1 unspecified atom stereocenters. The van der Waals surface area contributed by atoms with Crippen molar-refractivity contribution in [1.29, 1.82) is 5.26 Å². The molecule has 0 aromatic carbocycles. The Balaban J connectivity index is 2.44. The molecule has 1 aromatic heterocycles. The first kappa shape index (κ1) is 15.9. The number of carbonyl (C=O) groups is 1. The molecule has 0 aliphatic carbocycles. The molecule has 0 saturated heterocycles. The van der Waals surface area contributed by atoms with E-state index < -0.39 is 5.97 Å². The minimum atomic E-state index is -0.758. The number of nitrogens with zero attached hydrogens (tertiary/aromatic N) is 2. The minimum absolute atomic E-state index is 0.192. The van der Waals surface area contributed by atoms with Crippen molar-refractivity contribution in [2.45, 2.75) is 38.5 Å². The van der Waals surface area contributed by atoms with Crippen LogP contribution < -0.4 is 0 Å². The Bertz CT molecular complexity index is 463. The van der Waals surface area contributed by atoms with Gasteiger partial charge in [0.15, 0.2) is 0 Å². The lowest BCUT2D eigenvalue weighted by atomic mass is 9.93. The van der Waals surface area contributed by atoms with Gasteiger partial charge in [-0.1, -0.05) is 18.2 Å². The monoisotopic (exact) mass is 272 g/mol. The molecule has 0 aliphatic heterocycles. The Morgan fingerprint density at radius 3 is 3.00 bits per heavy atom. The lowest BCUT2D eigenvalue weighted by Crippen LogP contribution is -2.04. The topological polar surface area (TPSA) is 74.0 Å². The van der Waals surface area contributed by atoms with E-state index in [0.29, 0.717) is 18.8 Å². The van der Waals surface area contributed by atoms with Gasteiger partial charge in [0.05, 0.1) is 6.07 Å². The Morgan fingerprint density at radius 1 is 1.50 bits per heavy atom. The third-order valence-electron chi connectivity index (χ3n) is 3.13. The van der Waals surface area contributed by atoms with Gasteiger partial charge >= 0.3 is 5.97 Å². The lowest BCUT2D eigenvalue weighted by molar-refractivity contribution is -0.137. The first-order valence-electron chi connectivity index (χ1n) is 6.87. The van der Waals surface area contributed by atoms with Crippen molar-refractivity contribution < 1.29 is 9.90 Å². The van der Waals surface area contributed by atoms with Gasteiger partial charge in [-0.25, -0.2) is 0 Å². The van der Waals surface area contributed by atoms with Gasteiger partial charge in [0, 0.05) is 25.2 Å². The standard InChI is InChI=1S/C16H20N2O2/c17-11-2-1-5-14(9-10-16(19)20)6-3-7-15-8-4-12-18-13-15/h3-4,7-8,12-14H,1-2,5-6,9-10H2,(H,19,20). The van der Waals surface area contributed by atoms with Crippen LogP contribution in [0.5, 0.6) is 0 Å². The summed E-state index contributed by atoms with van der Waals surface area (Å²) in [6, 6.07) is 5.99. The fourth-order valence-corrected chi connectivity index (χ4v) is 2.05. The second-order valence-corrected chi connectivity index (χ2v) is 4.77. The minimum Gasteiger partial charge on any atom is -0.481 e. The van der Waals surface area contributed by atoms with Crippen LogP contribution in [0.15, 0.2) is 30.6 Å². The Hall–Kier alpha value is -2.15. The molecule has 0 aliphatic rings. The van der Waals surface area contributed by atoms with Crippen LogP contribution in [0.2, 0.25) is 0 Å². The van der Waals surface area contributed by atoms with Crippen LogP contribution >= 0.6 is 0 Å². The summed E-state index contributed by atoms with van der Waals surface area (Å²) in [4.78, 5) is 14.7. The number of hydrogen-bond acceptors (Lipinski definition) is 3. The molecule has 1 aromatic rings. The third-order valence-corrected chi connectivity index (χ3v) is 3.13. The van der Waals surface area contributed by atoms with E-state index in [0.717, 1.165) is 24.8 Å². The molecule has 1 atom stereocenters. The number of carboxylic acid groups (broad SMARTS) is 1. The molecule has 1 heterocycles. The van der Waals surface area contributed by atoms with Crippen molar-refractivity contribution in [3.63, 3.8) is 0 Å². The van der Waals surface area contributed by atoms with E-state index in [-0.39, 0.29) is 6.42 Å². The maximum absolute atomic E-state index is 10.7. The Morgan fingerprint density at radius 2 is 2.35 bits per heavy atom. The Labute approximate surface area is 119 Å². The van der Waals surface area contributed by atoms with Crippen LogP contribution in [0.1, 0.15) is 44.1 Å². The van der Waals surface area contributed by atoms with E-state index in [9.17, 15) is 4.79 Å². The van der Waals surface area contributed by atoms with Gasteiger partial charge < -0.3 is 5.11 Å². The maximum atomic E-state index is 10.7. The normalized spacial score (nSPS) is 12.2. The predicted molar refractivity (Wildman–Crippen MR) is 77.7 cm³/mol. The summed E-state index contributed by atoms with van der Waals surface area (Å²) in [5, 5.41) is 17.3. The van der Waals surface area contributed by atoms with E-state index in [2.05, 4.69) is 17.1 Å². The van der Waals surface area contributed by atoms with E-state index in [1.807, 2.05) is 18.2 Å². The van der Waals surface area contributed by atoms with E-state index in [1.165, 1.54) is 0 Å². The van der Waals surface area contributed by atoms with Crippen molar-refractivity contribution in [3.05, 3.63) is 36.2 Å². The van der Waals surface area contributed by atoms with Gasteiger partial charge in [-0.05, 0) is 43.2 Å². The first-order chi connectivity index (χ1) is 9.72. The number of aromatic nitrogens is 1. The molecular formula is C16H20N2O2. The van der Waals surface area contributed by atoms with Crippen LogP contribution in [0, 0.1) is 17.2 Å². The molecule has 4 nitrogen and oxygen atoms in total. The second-order valence-electron chi connectivity index (χ2n) is 4.77. The van der Waals surface area contributed by atoms with E-state index in [1.54, 1.807) is 12.4 Å². The molecule has 1 rings (SSSR count). The van der Waals surface area contributed by atoms with Gasteiger partial charge in [0.25, 0.3) is 0 Å². The summed E-state index contributed by atoms with van der Waals surface area (Å²) < 4.78 is 0. The zero-order valence-electron chi connectivity index (χ0n) is 11.5. The van der Waals surface area contributed by atoms with Crippen molar-refractivity contribution >= 4 is 12.0 Å². The molecule has 1 N–H and O–H groups in total. The van der Waals surface area contributed by atoms with Crippen molar-refractivity contribution in [3.8, 4) is 6.07 Å². The number of carboxylic acids is 1. The third kappa shape index (κ3) is 7.32. The SMILES string of the molecule is N#CCCCC(CC=Cc1cccnc1)CCC(=O)O. The highest BCUT2D eigenvalue weighted by Gasteiger charge is 2.09. The quantitative estimate of drug-likeness (QED) is 0.696. The average molecular weight is 272 g/mol. The molecule has 20 heavy (non-hydrogen) atoms. The molecule has 4 heteroatoms. The average Bonchev–Trinajstić information content (AvgIpc) is 2.45. The maximum Gasteiger partial charge on any atom is 0.303 e. The van der Waals surface area contributed by atoms with Crippen molar-refractivity contribution in [2.24, 2.45) is 5.92 Å². The van der Waals surface area contributed by atoms with Crippen LogP contribution in [0.4, 0.5) is 0 Å². The van der Waals surface area contributed by atoms with Gasteiger partial charge in [-0.2, -0.15) is 5.26 Å². The zero-order valence-corrected chi connectivity index (χ0v) is 11.5. The second kappa shape index (κ2) is 9.74. The van der Waals surface area contributed by atoms with Gasteiger partial charge in [-0.3, -0.25) is 9.78 Å². The predicted octanol–water partition coefficient (Wildman–Crippen LogP) is 3.66. The molecule has 0 amide bonds. The molecule has 0 spiro atoms. The summed E-state index contributed by atoms with van der Waals surface area (Å²) in [6.45, 7) is 0. The number of allylic oxidation sites excluding steroid dienone is 1. The molecule has 0 bridgehead atoms. The summed E-state index contributed by atoms with van der Waals surface area (Å²) in [6.07, 6.45) is 11.6. The highest BCUT2D eigenvalue weighted by molar-refractivity contribution is 5.66. The van der Waals surface area contributed by atoms with E-state index in [4.69, 9.17) is 10.4 Å². The molecule has 0 saturated carbocycles. The fraction of sp³-hybridized carbons (Fsp3) is 0.438. The van der Waals surface area contributed by atoms with Crippen LogP contribution in [-0.4, -0.2) is 16.1 Å². The largest absolute Gasteiger partial charge is 0.481 e. The molecule has 0 fully saturated rings. The summed E-state index contributed by atoms with van der Waals surface area (Å²) >= 11 is 0.